The second-order valence-electron chi connectivity index (χ2n) is 7.59. The molecule has 8 nitrogen and oxygen atoms in total. The molecule has 0 unspecified atom stereocenters. The number of nitrogens with one attached hydrogen (secondary N) is 1. The van der Waals surface area contributed by atoms with Gasteiger partial charge >= 0.3 is 5.97 Å². The van der Waals surface area contributed by atoms with Crippen molar-refractivity contribution in [2.24, 2.45) is 5.92 Å². The van der Waals surface area contributed by atoms with Gasteiger partial charge in [-0.05, 0) is 44.0 Å². The van der Waals surface area contributed by atoms with Gasteiger partial charge in [0.1, 0.15) is 12.0 Å². The van der Waals surface area contributed by atoms with E-state index in [0.717, 1.165) is 11.4 Å². The van der Waals surface area contributed by atoms with E-state index in [2.05, 4.69) is 20.3 Å². The number of nitrogens with two attached hydrogens (primary N) is 1. The van der Waals surface area contributed by atoms with Crippen LogP contribution in [0.2, 0.25) is 0 Å². The number of carbonyl (C=O) groups excluding carboxylic acids is 1. The number of ether oxygens (including phenoxy) is 1. The van der Waals surface area contributed by atoms with Gasteiger partial charge in [0.2, 0.25) is 0 Å². The van der Waals surface area contributed by atoms with Crippen LogP contribution in [0.5, 0.6) is 0 Å². The summed E-state index contributed by atoms with van der Waals surface area (Å²) in [5, 5.41) is 1.94. The van der Waals surface area contributed by atoms with Crippen molar-refractivity contribution in [1.29, 1.82) is 0 Å². The molecule has 2 aromatic carbocycles. The van der Waals surface area contributed by atoms with Crippen LogP contribution in [0.3, 0.4) is 0 Å². The molecule has 0 amide bonds. The van der Waals surface area contributed by atoms with Gasteiger partial charge < -0.3 is 15.4 Å². The van der Waals surface area contributed by atoms with Gasteiger partial charge in [-0.15, -0.1) is 0 Å². The number of aromatic nitrogens is 2. The monoisotopic (exact) mass is 432 g/mol. The fourth-order valence-electron chi connectivity index (χ4n) is 3.85. The number of hydrogen-bond donors (Lipinski definition) is 2. The number of esters is 1. The van der Waals surface area contributed by atoms with Crippen LogP contribution < -0.4 is 21.1 Å². The van der Waals surface area contributed by atoms with E-state index in [1.807, 2.05) is 72.6 Å². The fourth-order valence-corrected chi connectivity index (χ4v) is 3.85. The summed E-state index contributed by atoms with van der Waals surface area (Å²) in [7, 11) is 0. The zero-order chi connectivity index (χ0) is 22.3. The fraction of sp³-hybridized carbons (Fsp3) is 0.292. The van der Waals surface area contributed by atoms with Crippen LogP contribution in [0, 0.1) is 5.92 Å². The molecule has 0 atom stereocenters. The van der Waals surface area contributed by atoms with Crippen LogP contribution in [0.15, 0.2) is 67.0 Å². The maximum Gasteiger partial charge on any atom is 0.309 e. The molecule has 0 bridgehead atoms. The van der Waals surface area contributed by atoms with E-state index in [9.17, 15) is 4.79 Å². The summed E-state index contributed by atoms with van der Waals surface area (Å²) in [6.07, 6.45) is 2.94. The standard InChI is InChI=1S/C24H28N6O2/c1-2-32-24(31)18-13-15-29(16-14-18)23-21(25)22(26-17-27-23)28-30(19-9-5-3-6-10-19)20-11-7-4-8-12-20/h3-12,17-18H,2,13-16,25H2,1H3,(H,26,27,28). The summed E-state index contributed by atoms with van der Waals surface area (Å²) >= 11 is 0. The lowest BCUT2D eigenvalue weighted by molar-refractivity contribution is -0.148. The SMILES string of the molecule is CCOC(=O)C1CCN(c2ncnc(NN(c3ccccc3)c3ccccc3)c2N)CC1. The first-order valence-corrected chi connectivity index (χ1v) is 10.9. The van der Waals surface area contributed by atoms with Crippen LogP contribution in [0.25, 0.3) is 0 Å². The predicted octanol–water partition coefficient (Wildman–Crippen LogP) is 4.00. The van der Waals surface area contributed by atoms with Crippen LogP contribution in [-0.4, -0.2) is 35.6 Å². The highest BCUT2D eigenvalue weighted by Gasteiger charge is 2.28. The first kappa shape index (κ1) is 21.4. The van der Waals surface area contributed by atoms with E-state index in [0.29, 0.717) is 49.9 Å². The molecule has 1 aromatic heterocycles. The number of benzene rings is 2. The number of nitrogens with zero attached hydrogens (tertiary/aromatic N) is 4. The Morgan fingerprint density at radius 2 is 1.66 bits per heavy atom. The Kier molecular flexibility index (Phi) is 6.69. The topological polar surface area (TPSA) is 96.6 Å². The summed E-state index contributed by atoms with van der Waals surface area (Å²) in [5.41, 5.74) is 12.2. The molecular formula is C24H28N6O2. The maximum atomic E-state index is 12.0. The lowest BCUT2D eigenvalue weighted by Gasteiger charge is -2.33. The second kappa shape index (κ2) is 10.00. The van der Waals surface area contributed by atoms with E-state index in [-0.39, 0.29) is 11.9 Å². The van der Waals surface area contributed by atoms with Crippen molar-refractivity contribution >= 4 is 34.7 Å². The molecule has 3 N–H and O–H groups in total. The number of hydrazine groups is 1. The van der Waals surface area contributed by atoms with Gasteiger partial charge in [-0.3, -0.25) is 15.2 Å². The average molecular weight is 433 g/mol. The Labute approximate surface area is 188 Å². The minimum Gasteiger partial charge on any atom is -0.466 e. The Bertz CT molecular complexity index is 984. The zero-order valence-corrected chi connectivity index (χ0v) is 18.1. The molecule has 0 saturated carbocycles. The van der Waals surface area contributed by atoms with Crippen LogP contribution in [-0.2, 0) is 9.53 Å². The Morgan fingerprint density at radius 3 is 2.22 bits per heavy atom. The number of hydrogen-bond acceptors (Lipinski definition) is 8. The molecule has 166 valence electrons. The summed E-state index contributed by atoms with van der Waals surface area (Å²) in [6, 6.07) is 19.9. The summed E-state index contributed by atoms with van der Waals surface area (Å²) < 4.78 is 5.17. The molecule has 0 radical (unpaired) electrons. The van der Waals surface area contributed by atoms with Crippen molar-refractivity contribution in [3.05, 3.63) is 67.0 Å². The summed E-state index contributed by atoms with van der Waals surface area (Å²) in [6.45, 7) is 3.61. The zero-order valence-electron chi connectivity index (χ0n) is 18.1. The number of para-hydroxylation sites is 2. The minimum atomic E-state index is -0.119. The van der Waals surface area contributed by atoms with E-state index in [4.69, 9.17) is 10.5 Å². The third-order valence-corrected chi connectivity index (χ3v) is 5.52. The molecule has 1 fully saturated rings. The highest BCUT2D eigenvalue weighted by atomic mass is 16.5. The number of piperidine rings is 1. The number of nitrogen functional groups attached to an aromatic ring is 1. The largest absolute Gasteiger partial charge is 0.466 e. The van der Waals surface area contributed by atoms with Crippen molar-refractivity contribution < 1.29 is 9.53 Å². The number of rotatable bonds is 7. The van der Waals surface area contributed by atoms with Crippen LogP contribution in [0.4, 0.5) is 28.7 Å². The highest BCUT2D eigenvalue weighted by Crippen LogP contribution is 2.32. The molecule has 0 aliphatic carbocycles. The molecule has 1 saturated heterocycles. The van der Waals surface area contributed by atoms with E-state index >= 15 is 0 Å². The van der Waals surface area contributed by atoms with E-state index in [1.165, 1.54) is 6.33 Å². The molecule has 1 aliphatic rings. The van der Waals surface area contributed by atoms with Gasteiger partial charge in [0.05, 0.1) is 23.9 Å². The lowest BCUT2D eigenvalue weighted by atomic mass is 9.97. The molecule has 1 aliphatic heterocycles. The van der Waals surface area contributed by atoms with E-state index in [1.54, 1.807) is 0 Å². The lowest BCUT2D eigenvalue weighted by Crippen LogP contribution is -2.38. The first-order valence-electron chi connectivity index (χ1n) is 10.9. The minimum absolute atomic E-state index is 0.0708. The number of anilines is 5. The molecular weight excluding hydrogens is 404 g/mol. The van der Waals surface area contributed by atoms with Crippen molar-refractivity contribution in [3.8, 4) is 0 Å². The predicted molar refractivity (Wildman–Crippen MR) is 127 cm³/mol. The summed E-state index contributed by atoms with van der Waals surface area (Å²) in [4.78, 5) is 23.0. The Morgan fingerprint density at radius 1 is 1.06 bits per heavy atom. The van der Waals surface area contributed by atoms with Gasteiger partial charge in [0, 0.05) is 13.1 Å². The average Bonchev–Trinajstić information content (AvgIpc) is 2.85. The summed E-state index contributed by atoms with van der Waals surface area (Å²) in [5.74, 6) is 1.01. The molecule has 2 heterocycles. The Hall–Kier alpha value is -3.81. The number of carbonyl (C=O) groups is 1. The normalized spacial score (nSPS) is 14.1. The van der Waals surface area contributed by atoms with Gasteiger partial charge in [-0.25, -0.2) is 9.97 Å². The molecule has 32 heavy (non-hydrogen) atoms. The van der Waals surface area contributed by atoms with Gasteiger partial charge in [-0.2, -0.15) is 0 Å². The van der Waals surface area contributed by atoms with Gasteiger partial charge in [0.15, 0.2) is 11.6 Å². The van der Waals surface area contributed by atoms with E-state index < -0.39 is 0 Å². The third-order valence-electron chi connectivity index (χ3n) is 5.52. The second-order valence-corrected chi connectivity index (χ2v) is 7.59. The molecule has 3 aromatic rings. The maximum absolute atomic E-state index is 12.0. The third kappa shape index (κ3) is 4.74. The van der Waals surface area contributed by atoms with Crippen molar-refractivity contribution in [2.75, 3.05) is 40.8 Å². The van der Waals surface area contributed by atoms with Crippen molar-refractivity contribution in [1.82, 2.24) is 9.97 Å². The van der Waals surface area contributed by atoms with Gasteiger partial charge in [0.25, 0.3) is 0 Å². The van der Waals surface area contributed by atoms with Gasteiger partial charge in [-0.1, -0.05) is 36.4 Å². The molecule has 8 heteroatoms. The Balaban J connectivity index is 1.55. The van der Waals surface area contributed by atoms with Crippen molar-refractivity contribution in [3.63, 3.8) is 0 Å². The quantitative estimate of drug-likeness (QED) is 0.427. The van der Waals surface area contributed by atoms with Crippen LogP contribution in [0.1, 0.15) is 19.8 Å². The smallest absolute Gasteiger partial charge is 0.309 e. The van der Waals surface area contributed by atoms with Crippen LogP contribution >= 0.6 is 0 Å². The molecule has 4 rings (SSSR count). The first-order chi connectivity index (χ1) is 15.7. The van der Waals surface area contributed by atoms with Crippen molar-refractivity contribution in [2.45, 2.75) is 19.8 Å². The molecule has 0 spiro atoms. The highest BCUT2D eigenvalue weighted by molar-refractivity contribution is 5.79.